The zero-order chi connectivity index (χ0) is 18.1. The van der Waals surface area contributed by atoms with Crippen LogP contribution in [0.5, 0.6) is 11.5 Å². The van der Waals surface area contributed by atoms with Crippen LogP contribution in [-0.2, 0) is 4.84 Å². The number of oxime groups is 1. The van der Waals surface area contributed by atoms with Crippen LogP contribution in [0.25, 0.3) is 0 Å². The Hall–Kier alpha value is -2.54. The molecule has 8 heteroatoms. The molecule has 0 unspecified atom stereocenters. The summed E-state index contributed by atoms with van der Waals surface area (Å²) < 4.78 is 14.2. The van der Waals surface area contributed by atoms with Crippen LogP contribution in [0.4, 0.5) is 4.39 Å². The fourth-order valence-corrected chi connectivity index (χ4v) is 1.99. The molecule has 2 rings (SSSR count). The Balaban J connectivity index is 2.72. The maximum Gasteiger partial charge on any atom is 0.288 e. The van der Waals surface area contributed by atoms with Crippen molar-refractivity contribution in [3.05, 3.63) is 57.8 Å². The van der Waals surface area contributed by atoms with Gasteiger partial charge in [0.15, 0.2) is 17.7 Å². The first-order valence-corrected chi connectivity index (χ1v) is 7.34. The van der Waals surface area contributed by atoms with Gasteiger partial charge in [-0.15, -0.1) is 0 Å². The van der Waals surface area contributed by atoms with Gasteiger partial charge >= 0.3 is 0 Å². The first-order valence-electron chi connectivity index (χ1n) is 6.96. The van der Waals surface area contributed by atoms with Crippen molar-refractivity contribution < 1.29 is 24.2 Å². The van der Waals surface area contributed by atoms with E-state index in [1.54, 1.807) is 20.8 Å². The van der Waals surface area contributed by atoms with Crippen LogP contribution < -0.4 is 4.73 Å². The third-order valence-electron chi connectivity index (χ3n) is 2.87. The largest absolute Gasteiger partial charge is 0.618 e. The van der Waals surface area contributed by atoms with Gasteiger partial charge in [-0.2, -0.15) is 4.73 Å². The molecule has 0 bridgehead atoms. The zero-order valence-corrected chi connectivity index (χ0v) is 14.0. The van der Waals surface area contributed by atoms with Gasteiger partial charge in [-0.1, -0.05) is 16.8 Å². The summed E-state index contributed by atoms with van der Waals surface area (Å²) in [6, 6.07) is 4.49. The van der Waals surface area contributed by atoms with Crippen LogP contribution in [0.15, 0.2) is 35.6 Å². The molecule has 6 nitrogen and oxygen atoms in total. The molecule has 1 aromatic heterocycles. The second-order valence-electron chi connectivity index (χ2n) is 5.99. The molecular formula is C16H16ClFN2O4. The van der Waals surface area contributed by atoms with Crippen molar-refractivity contribution >= 4 is 17.3 Å². The number of hydrogen-bond acceptors (Lipinski definition) is 5. The summed E-state index contributed by atoms with van der Waals surface area (Å²) in [5.41, 5.74) is -1.39. The average Bonchev–Trinajstić information content (AvgIpc) is 2.45. The van der Waals surface area contributed by atoms with Crippen LogP contribution in [0.1, 0.15) is 32.0 Å². The highest BCUT2D eigenvalue weighted by Crippen LogP contribution is 2.29. The third-order valence-corrected chi connectivity index (χ3v) is 3.16. The van der Waals surface area contributed by atoms with Gasteiger partial charge in [-0.3, -0.25) is 0 Å². The molecule has 0 fully saturated rings. The van der Waals surface area contributed by atoms with Gasteiger partial charge in [0.25, 0.3) is 5.69 Å². The molecule has 2 N–H and O–H groups in total. The van der Waals surface area contributed by atoms with Gasteiger partial charge in [0.1, 0.15) is 17.2 Å². The van der Waals surface area contributed by atoms with Crippen LogP contribution >= 0.6 is 11.6 Å². The summed E-state index contributed by atoms with van der Waals surface area (Å²) >= 11 is 5.63. The Bertz CT molecular complexity index is 783. The molecule has 0 saturated carbocycles. The Morgan fingerprint density at radius 1 is 1.29 bits per heavy atom. The van der Waals surface area contributed by atoms with Gasteiger partial charge in [0.2, 0.25) is 0 Å². The van der Waals surface area contributed by atoms with E-state index in [4.69, 9.17) is 16.4 Å². The normalized spacial score (nSPS) is 12.3. The van der Waals surface area contributed by atoms with Gasteiger partial charge in [-0.05, 0) is 32.9 Å². The number of pyridine rings is 1. The van der Waals surface area contributed by atoms with Gasteiger partial charge in [0.05, 0.1) is 10.6 Å². The highest BCUT2D eigenvalue weighted by molar-refractivity contribution is 6.31. The van der Waals surface area contributed by atoms with Gasteiger partial charge in [-0.25, -0.2) is 4.39 Å². The second-order valence-corrected chi connectivity index (χ2v) is 6.40. The second kappa shape index (κ2) is 6.52. The predicted octanol–water partition coefficient (Wildman–Crippen LogP) is 3.09. The summed E-state index contributed by atoms with van der Waals surface area (Å²) in [7, 11) is 0. The predicted molar refractivity (Wildman–Crippen MR) is 86.6 cm³/mol. The maximum atomic E-state index is 13.8. The Morgan fingerprint density at radius 3 is 2.54 bits per heavy atom. The topological polar surface area (TPSA) is 89.0 Å². The minimum absolute atomic E-state index is 0.146. The Kier molecular flexibility index (Phi) is 4.84. The molecule has 2 aromatic rings. The summed E-state index contributed by atoms with van der Waals surface area (Å²) in [6.45, 7) is 5.14. The summed E-state index contributed by atoms with van der Waals surface area (Å²) in [4.78, 5) is 5.29. The Morgan fingerprint density at radius 2 is 1.96 bits per heavy atom. The van der Waals surface area contributed by atoms with E-state index in [0.29, 0.717) is 4.73 Å². The van der Waals surface area contributed by atoms with Crippen LogP contribution in [-0.4, -0.2) is 21.5 Å². The molecular weight excluding hydrogens is 339 g/mol. The van der Waals surface area contributed by atoms with Gasteiger partial charge in [0, 0.05) is 12.1 Å². The van der Waals surface area contributed by atoms with Crippen molar-refractivity contribution in [3.8, 4) is 11.5 Å². The standard InChI is InChI=1S/C16H16ClFN2O4/c1-16(2,3)24-19-14(15-12(21)5-4-6-20(15)23)9-7-11(18)10(17)8-13(9)22/h4-8,21-22H,1-3H3. The van der Waals surface area contributed by atoms with E-state index in [1.807, 2.05) is 0 Å². The molecule has 0 aliphatic carbocycles. The van der Waals surface area contributed by atoms with Crippen molar-refractivity contribution in [1.82, 2.24) is 0 Å². The van der Waals surface area contributed by atoms with E-state index in [1.165, 1.54) is 12.1 Å². The first kappa shape index (κ1) is 17.8. The molecule has 0 atom stereocenters. The summed E-state index contributed by atoms with van der Waals surface area (Å²) in [5, 5.41) is 35.7. The van der Waals surface area contributed by atoms with Crippen molar-refractivity contribution in [2.24, 2.45) is 5.16 Å². The Labute approximate surface area is 143 Å². The van der Waals surface area contributed by atoms with E-state index in [9.17, 15) is 19.8 Å². The number of nitrogens with zero attached hydrogens (tertiary/aromatic N) is 2. The van der Waals surface area contributed by atoms with E-state index in [0.717, 1.165) is 18.3 Å². The van der Waals surface area contributed by atoms with Crippen LogP contribution in [0.3, 0.4) is 0 Å². The number of phenols is 1. The number of benzene rings is 1. The molecule has 0 aliphatic heterocycles. The quantitative estimate of drug-likeness (QED) is 0.383. The molecule has 0 aliphatic rings. The minimum atomic E-state index is -0.819. The SMILES string of the molecule is CC(C)(C)ON=C(c1cc(F)c(Cl)cc1O)c1c(O)ccc[n+]1[O-]. The first-order chi connectivity index (χ1) is 11.1. The lowest BCUT2D eigenvalue weighted by molar-refractivity contribution is -0.607. The lowest BCUT2D eigenvalue weighted by atomic mass is 10.0. The molecule has 1 heterocycles. The van der Waals surface area contributed by atoms with E-state index < -0.39 is 22.9 Å². The molecule has 24 heavy (non-hydrogen) atoms. The fourth-order valence-electron chi connectivity index (χ4n) is 1.83. The number of hydrogen-bond donors (Lipinski definition) is 2. The van der Waals surface area contributed by atoms with Crippen molar-refractivity contribution in [2.75, 3.05) is 0 Å². The lowest BCUT2D eigenvalue weighted by Gasteiger charge is -2.17. The van der Waals surface area contributed by atoms with Crippen LogP contribution in [0.2, 0.25) is 5.02 Å². The van der Waals surface area contributed by atoms with E-state index in [-0.39, 0.29) is 22.0 Å². The average molecular weight is 355 g/mol. The zero-order valence-electron chi connectivity index (χ0n) is 13.2. The van der Waals surface area contributed by atoms with E-state index >= 15 is 0 Å². The molecule has 0 amide bonds. The maximum absolute atomic E-state index is 13.8. The highest BCUT2D eigenvalue weighted by atomic mass is 35.5. The van der Waals surface area contributed by atoms with E-state index in [2.05, 4.69) is 5.16 Å². The third kappa shape index (κ3) is 3.86. The minimum Gasteiger partial charge on any atom is -0.618 e. The fraction of sp³-hybridized carbons (Fsp3) is 0.250. The number of aromatic hydroxyl groups is 2. The monoisotopic (exact) mass is 354 g/mol. The molecule has 1 aromatic carbocycles. The van der Waals surface area contributed by atoms with Crippen molar-refractivity contribution in [1.29, 1.82) is 0 Å². The number of aromatic nitrogens is 1. The number of phenolic OH excluding ortho intramolecular Hbond substituents is 1. The highest BCUT2D eigenvalue weighted by Gasteiger charge is 2.27. The van der Waals surface area contributed by atoms with Crippen molar-refractivity contribution in [2.45, 2.75) is 26.4 Å². The van der Waals surface area contributed by atoms with Crippen LogP contribution in [0, 0.1) is 11.0 Å². The molecule has 0 radical (unpaired) electrons. The smallest absolute Gasteiger partial charge is 0.288 e. The van der Waals surface area contributed by atoms with Crippen molar-refractivity contribution in [3.63, 3.8) is 0 Å². The molecule has 0 spiro atoms. The number of halogens is 2. The summed E-state index contributed by atoms with van der Waals surface area (Å²) in [6.07, 6.45) is 1.13. The lowest BCUT2D eigenvalue weighted by Crippen LogP contribution is -2.35. The van der Waals surface area contributed by atoms with Gasteiger partial charge < -0.3 is 20.3 Å². The molecule has 0 saturated heterocycles. The summed E-state index contributed by atoms with van der Waals surface area (Å²) in [5.74, 6) is -1.64. The molecule has 128 valence electrons. The number of rotatable bonds is 3.